The second-order valence-corrected chi connectivity index (χ2v) is 8.83. The first-order valence-corrected chi connectivity index (χ1v) is 11.4. The molecule has 2 unspecified atom stereocenters. The summed E-state index contributed by atoms with van der Waals surface area (Å²) in [4.78, 5) is 17.6. The summed E-state index contributed by atoms with van der Waals surface area (Å²) >= 11 is 12.7. The Labute approximate surface area is 199 Å². The Morgan fingerprint density at radius 3 is 2.41 bits per heavy atom. The average molecular weight is 463 g/mol. The molecular weight excluding hydrogens is 439 g/mol. The van der Waals surface area contributed by atoms with Gasteiger partial charge in [0.15, 0.2) is 0 Å². The number of halogens is 2. The number of carbonyl (C=O) groups is 1. The highest BCUT2D eigenvalue weighted by molar-refractivity contribution is 6.33. The minimum absolute atomic E-state index is 0.0536. The summed E-state index contributed by atoms with van der Waals surface area (Å²) in [5, 5.41) is 1.29. The summed E-state index contributed by atoms with van der Waals surface area (Å²) in [5.41, 5.74) is 3.76. The molecule has 0 aliphatic carbocycles. The highest BCUT2D eigenvalue weighted by Crippen LogP contribution is 2.36. The van der Waals surface area contributed by atoms with Crippen molar-refractivity contribution in [3.05, 3.63) is 99.5 Å². The second kappa shape index (κ2) is 9.69. The summed E-state index contributed by atoms with van der Waals surface area (Å²) in [7, 11) is 0. The molecule has 1 heterocycles. The number of hydrogen-bond donors (Lipinski definition) is 0. The van der Waals surface area contributed by atoms with Crippen LogP contribution in [0.5, 0.6) is 0 Å². The lowest BCUT2D eigenvalue weighted by atomic mass is 9.97. The van der Waals surface area contributed by atoms with E-state index < -0.39 is 0 Å². The molecule has 0 aromatic heterocycles. The van der Waals surface area contributed by atoms with Crippen molar-refractivity contribution in [1.82, 2.24) is 4.90 Å². The zero-order chi connectivity index (χ0) is 22.7. The van der Waals surface area contributed by atoms with Gasteiger partial charge in [-0.3, -0.25) is 4.79 Å². The fraction of sp³-hybridized carbons (Fsp3) is 0.222. The van der Waals surface area contributed by atoms with Crippen molar-refractivity contribution < 1.29 is 4.79 Å². The van der Waals surface area contributed by atoms with Gasteiger partial charge in [-0.1, -0.05) is 71.6 Å². The van der Waals surface area contributed by atoms with Gasteiger partial charge in [0.05, 0.1) is 22.7 Å². The van der Waals surface area contributed by atoms with Crippen molar-refractivity contribution in [3.63, 3.8) is 0 Å². The summed E-state index contributed by atoms with van der Waals surface area (Å²) in [6, 6.07) is 23.3. The largest absolute Gasteiger partial charge is 0.360 e. The molecule has 0 N–H and O–H groups in total. The molecule has 0 radical (unpaired) electrons. The first-order chi connectivity index (χ1) is 15.5. The Hall–Kier alpha value is -2.93. The number of terminal acetylenes is 1. The van der Waals surface area contributed by atoms with Crippen LogP contribution in [-0.4, -0.2) is 30.4 Å². The van der Waals surface area contributed by atoms with Gasteiger partial charge in [0.1, 0.15) is 0 Å². The predicted molar refractivity (Wildman–Crippen MR) is 132 cm³/mol. The molecule has 1 saturated heterocycles. The van der Waals surface area contributed by atoms with Gasteiger partial charge in [0.2, 0.25) is 5.91 Å². The van der Waals surface area contributed by atoms with E-state index in [1.807, 2.05) is 84.6 Å². The summed E-state index contributed by atoms with van der Waals surface area (Å²) in [5.74, 6) is 2.55. The van der Waals surface area contributed by atoms with Gasteiger partial charge in [-0.2, -0.15) is 0 Å². The quantitative estimate of drug-likeness (QED) is 0.432. The third-order valence-corrected chi connectivity index (χ3v) is 6.60. The van der Waals surface area contributed by atoms with E-state index in [2.05, 4.69) is 10.8 Å². The van der Waals surface area contributed by atoms with Crippen molar-refractivity contribution in [2.75, 3.05) is 24.5 Å². The number of benzene rings is 3. The van der Waals surface area contributed by atoms with Gasteiger partial charge in [-0.25, -0.2) is 0 Å². The van der Waals surface area contributed by atoms with Crippen LogP contribution < -0.4 is 4.90 Å². The maximum Gasteiger partial charge on any atom is 0.229 e. The van der Waals surface area contributed by atoms with Gasteiger partial charge in [-0.05, 0) is 48.4 Å². The van der Waals surface area contributed by atoms with Crippen molar-refractivity contribution >= 4 is 34.8 Å². The second-order valence-electron chi connectivity index (χ2n) is 7.99. The molecule has 3 nitrogen and oxygen atoms in total. The summed E-state index contributed by atoms with van der Waals surface area (Å²) in [6.07, 6.45) is 5.53. The minimum atomic E-state index is -0.202. The number of anilines is 1. The number of piperazine rings is 1. The average Bonchev–Trinajstić information content (AvgIpc) is 2.84. The Morgan fingerprint density at radius 2 is 1.75 bits per heavy atom. The van der Waals surface area contributed by atoms with Crippen molar-refractivity contribution in [1.29, 1.82) is 0 Å². The molecule has 1 aliphatic rings. The van der Waals surface area contributed by atoms with Crippen molar-refractivity contribution in [3.8, 4) is 12.3 Å². The topological polar surface area (TPSA) is 23.6 Å². The van der Waals surface area contributed by atoms with E-state index in [9.17, 15) is 4.79 Å². The van der Waals surface area contributed by atoms with E-state index >= 15 is 0 Å². The molecule has 1 fully saturated rings. The Bertz CT molecular complexity index is 1140. The number of carbonyl (C=O) groups excluding carboxylic acids is 1. The van der Waals surface area contributed by atoms with E-state index in [4.69, 9.17) is 29.6 Å². The van der Waals surface area contributed by atoms with Crippen LogP contribution in [0.15, 0.2) is 72.8 Å². The lowest BCUT2D eigenvalue weighted by Gasteiger charge is -2.44. The molecule has 0 bridgehead atoms. The van der Waals surface area contributed by atoms with Crippen LogP contribution >= 0.6 is 23.2 Å². The third kappa shape index (κ3) is 4.63. The van der Waals surface area contributed by atoms with Crippen LogP contribution in [0.25, 0.3) is 0 Å². The van der Waals surface area contributed by atoms with Gasteiger partial charge in [0.25, 0.3) is 0 Å². The van der Waals surface area contributed by atoms with Crippen molar-refractivity contribution in [2.24, 2.45) is 0 Å². The van der Waals surface area contributed by atoms with Crippen LogP contribution in [0, 0.1) is 12.3 Å². The molecule has 162 valence electrons. The molecule has 1 aliphatic heterocycles. The molecule has 0 saturated carbocycles. The molecule has 32 heavy (non-hydrogen) atoms. The number of amides is 1. The highest BCUT2D eigenvalue weighted by Gasteiger charge is 2.33. The Kier molecular flexibility index (Phi) is 6.74. The Balaban J connectivity index is 1.64. The van der Waals surface area contributed by atoms with Crippen LogP contribution in [0.3, 0.4) is 0 Å². The fourth-order valence-corrected chi connectivity index (χ4v) is 4.64. The molecule has 1 amide bonds. The van der Waals surface area contributed by atoms with Crippen molar-refractivity contribution in [2.45, 2.75) is 18.9 Å². The first-order valence-electron chi connectivity index (χ1n) is 10.6. The monoisotopic (exact) mass is 462 g/mol. The molecule has 0 spiro atoms. The smallest absolute Gasteiger partial charge is 0.229 e. The van der Waals surface area contributed by atoms with E-state index in [1.165, 1.54) is 0 Å². The first kappa shape index (κ1) is 22.3. The molecule has 3 aromatic carbocycles. The number of hydrogen-bond acceptors (Lipinski definition) is 2. The zero-order valence-electron chi connectivity index (χ0n) is 17.8. The SMILES string of the molecule is C#Cc1ccc(N2CCN(C(=O)C(C)c3ccccc3)CC2c2ccc(Cl)cc2)c(Cl)c1. The lowest BCUT2D eigenvalue weighted by Crippen LogP contribution is -2.51. The molecular formula is C27H24Cl2N2O. The van der Waals surface area contributed by atoms with Crippen LogP contribution in [0.2, 0.25) is 10.0 Å². The van der Waals surface area contributed by atoms with Gasteiger partial charge < -0.3 is 9.80 Å². The van der Waals surface area contributed by atoms with E-state index in [-0.39, 0.29) is 17.9 Å². The molecule has 3 aromatic rings. The lowest BCUT2D eigenvalue weighted by molar-refractivity contribution is -0.133. The molecule has 4 rings (SSSR count). The normalized spacial score (nSPS) is 17.0. The third-order valence-electron chi connectivity index (χ3n) is 6.04. The zero-order valence-corrected chi connectivity index (χ0v) is 19.4. The predicted octanol–water partition coefficient (Wildman–Crippen LogP) is 6.17. The highest BCUT2D eigenvalue weighted by atomic mass is 35.5. The maximum atomic E-state index is 13.4. The van der Waals surface area contributed by atoms with Gasteiger partial charge in [0, 0.05) is 30.2 Å². The van der Waals surface area contributed by atoms with Gasteiger partial charge >= 0.3 is 0 Å². The summed E-state index contributed by atoms with van der Waals surface area (Å²) in [6.45, 7) is 3.81. The standard InChI is InChI=1S/C27H24Cl2N2O/c1-3-20-9-14-25(24(29)17-20)31-16-15-30(18-26(31)22-10-12-23(28)13-11-22)27(32)19(2)21-7-5-4-6-8-21/h1,4-14,17,19,26H,15-16,18H2,2H3. The fourth-order valence-electron chi connectivity index (χ4n) is 4.23. The van der Waals surface area contributed by atoms with E-state index in [0.717, 1.165) is 22.4 Å². The number of rotatable bonds is 4. The Morgan fingerprint density at radius 1 is 1.03 bits per heavy atom. The number of nitrogens with zero attached hydrogens (tertiary/aromatic N) is 2. The minimum Gasteiger partial charge on any atom is -0.360 e. The van der Waals surface area contributed by atoms with E-state index in [0.29, 0.717) is 29.7 Å². The molecule has 2 atom stereocenters. The maximum absolute atomic E-state index is 13.4. The van der Waals surface area contributed by atoms with Crippen LogP contribution in [0.4, 0.5) is 5.69 Å². The van der Waals surface area contributed by atoms with Crippen LogP contribution in [0.1, 0.15) is 35.6 Å². The molecule has 5 heteroatoms. The summed E-state index contributed by atoms with van der Waals surface area (Å²) < 4.78 is 0. The van der Waals surface area contributed by atoms with Gasteiger partial charge in [-0.15, -0.1) is 6.42 Å². The van der Waals surface area contributed by atoms with Crippen LogP contribution in [-0.2, 0) is 4.79 Å². The van der Waals surface area contributed by atoms with E-state index in [1.54, 1.807) is 0 Å².